The fraction of sp³-hybridized carbons (Fsp3) is 0.500. The number of benzene rings is 1. The summed E-state index contributed by atoms with van der Waals surface area (Å²) in [4.78, 5) is 4.73. The largest absolute Gasteiger partial charge is 0.399 e. The van der Waals surface area contributed by atoms with Crippen LogP contribution in [0.25, 0.3) is 11.3 Å². The molecule has 1 heterocycles. The molecule has 21 heavy (non-hydrogen) atoms. The number of aromatic nitrogens is 1. The summed E-state index contributed by atoms with van der Waals surface area (Å²) < 4.78 is 0. The van der Waals surface area contributed by atoms with Gasteiger partial charge in [-0.05, 0) is 25.0 Å². The topological polar surface area (TPSA) is 38.9 Å². The number of anilines is 1. The van der Waals surface area contributed by atoms with Gasteiger partial charge in [0, 0.05) is 16.6 Å². The molecule has 0 saturated heterocycles. The smallest absolute Gasteiger partial charge is 0.0932 e. The highest BCUT2D eigenvalue weighted by Crippen LogP contribution is 2.24. The molecule has 0 atom stereocenters. The van der Waals surface area contributed by atoms with Crippen LogP contribution in [-0.4, -0.2) is 4.98 Å². The second kappa shape index (κ2) is 8.83. The number of nitrogens with zero attached hydrogens (tertiary/aromatic N) is 1. The van der Waals surface area contributed by atoms with Gasteiger partial charge in [-0.3, -0.25) is 0 Å². The Labute approximate surface area is 132 Å². The molecule has 0 aliphatic rings. The molecule has 0 spiro atoms. The van der Waals surface area contributed by atoms with Crippen LogP contribution in [0.5, 0.6) is 0 Å². The quantitative estimate of drug-likeness (QED) is 0.477. The molecule has 0 saturated carbocycles. The van der Waals surface area contributed by atoms with Gasteiger partial charge in [-0.25, -0.2) is 4.98 Å². The molecular weight excluding hydrogens is 276 g/mol. The van der Waals surface area contributed by atoms with Crippen LogP contribution < -0.4 is 5.73 Å². The van der Waals surface area contributed by atoms with Gasteiger partial charge >= 0.3 is 0 Å². The van der Waals surface area contributed by atoms with Crippen LogP contribution in [0.2, 0.25) is 0 Å². The summed E-state index contributed by atoms with van der Waals surface area (Å²) in [5.41, 5.74) is 8.81. The highest BCUT2D eigenvalue weighted by Gasteiger charge is 2.04. The van der Waals surface area contributed by atoms with Crippen molar-refractivity contribution in [3.63, 3.8) is 0 Å². The van der Waals surface area contributed by atoms with Crippen LogP contribution in [0.4, 0.5) is 5.69 Å². The fourth-order valence-electron chi connectivity index (χ4n) is 2.49. The third-order valence-electron chi connectivity index (χ3n) is 3.73. The Morgan fingerprint density at radius 3 is 2.57 bits per heavy atom. The first kappa shape index (κ1) is 16.0. The van der Waals surface area contributed by atoms with E-state index >= 15 is 0 Å². The Kier molecular flexibility index (Phi) is 6.74. The van der Waals surface area contributed by atoms with Gasteiger partial charge in [0.15, 0.2) is 0 Å². The Hall–Kier alpha value is -1.35. The molecule has 0 fully saturated rings. The Morgan fingerprint density at radius 2 is 1.81 bits per heavy atom. The maximum absolute atomic E-state index is 5.83. The van der Waals surface area contributed by atoms with Crippen molar-refractivity contribution in [2.24, 2.45) is 0 Å². The summed E-state index contributed by atoms with van der Waals surface area (Å²) in [6, 6.07) is 7.96. The minimum absolute atomic E-state index is 0.800. The molecule has 114 valence electrons. The van der Waals surface area contributed by atoms with Crippen molar-refractivity contribution in [2.75, 3.05) is 5.73 Å². The van der Waals surface area contributed by atoms with Crippen molar-refractivity contribution in [3.05, 3.63) is 34.7 Å². The van der Waals surface area contributed by atoms with E-state index in [1.165, 1.54) is 50.0 Å². The van der Waals surface area contributed by atoms with Crippen molar-refractivity contribution >= 4 is 17.0 Å². The lowest BCUT2D eigenvalue weighted by Gasteiger charge is -2.00. The molecule has 2 aromatic rings. The van der Waals surface area contributed by atoms with Gasteiger partial charge in [-0.2, -0.15) is 0 Å². The fourth-order valence-corrected chi connectivity index (χ4v) is 3.34. The number of hydrogen-bond donors (Lipinski definition) is 1. The molecule has 3 heteroatoms. The van der Waals surface area contributed by atoms with Gasteiger partial charge in [0.1, 0.15) is 0 Å². The standard InChI is InChI=1S/C18H26N2S/c1-2-3-4-5-6-7-8-12-18-20-17(14-21-18)15-10-9-11-16(19)13-15/h9-11,13-14H,2-8,12,19H2,1H3. The summed E-state index contributed by atoms with van der Waals surface area (Å²) in [7, 11) is 0. The van der Waals surface area contributed by atoms with Crippen LogP contribution in [0.15, 0.2) is 29.6 Å². The maximum atomic E-state index is 5.83. The summed E-state index contributed by atoms with van der Waals surface area (Å²) in [6.45, 7) is 2.26. The monoisotopic (exact) mass is 302 g/mol. The van der Waals surface area contributed by atoms with E-state index in [-0.39, 0.29) is 0 Å². The third kappa shape index (κ3) is 5.50. The van der Waals surface area contributed by atoms with Crippen molar-refractivity contribution in [1.82, 2.24) is 4.98 Å². The van der Waals surface area contributed by atoms with Gasteiger partial charge in [-0.1, -0.05) is 57.6 Å². The first-order valence-corrected chi connectivity index (χ1v) is 8.98. The summed E-state index contributed by atoms with van der Waals surface area (Å²) in [5.74, 6) is 0. The van der Waals surface area contributed by atoms with Crippen LogP contribution >= 0.6 is 11.3 Å². The molecular formula is C18H26N2S. The molecule has 2 N–H and O–H groups in total. The first-order chi connectivity index (χ1) is 10.3. The average molecular weight is 302 g/mol. The normalized spacial score (nSPS) is 10.9. The molecule has 0 bridgehead atoms. The molecule has 2 nitrogen and oxygen atoms in total. The van der Waals surface area contributed by atoms with Crippen molar-refractivity contribution in [1.29, 1.82) is 0 Å². The van der Waals surface area contributed by atoms with E-state index in [0.717, 1.165) is 23.4 Å². The number of hydrogen-bond acceptors (Lipinski definition) is 3. The van der Waals surface area contributed by atoms with E-state index in [4.69, 9.17) is 10.7 Å². The minimum atomic E-state index is 0.800. The van der Waals surface area contributed by atoms with Crippen LogP contribution in [0.1, 0.15) is 56.9 Å². The zero-order chi connectivity index (χ0) is 14.9. The van der Waals surface area contributed by atoms with Gasteiger partial charge < -0.3 is 5.73 Å². The first-order valence-electron chi connectivity index (χ1n) is 8.10. The summed E-state index contributed by atoms with van der Waals surface area (Å²) in [6.07, 6.45) is 10.6. The lowest BCUT2D eigenvalue weighted by Crippen LogP contribution is -1.87. The Morgan fingerprint density at radius 1 is 1.05 bits per heavy atom. The molecule has 0 aliphatic heterocycles. The summed E-state index contributed by atoms with van der Waals surface area (Å²) in [5, 5.41) is 3.40. The lowest BCUT2D eigenvalue weighted by atomic mass is 10.1. The van der Waals surface area contributed by atoms with E-state index in [1.807, 2.05) is 18.2 Å². The maximum Gasteiger partial charge on any atom is 0.0932 e. The second-order valence-electron chi connectivity index (χ2n) is 5.62. The molecule has 2 rings (SSSR count). The zero-order valence-electron chi connectivity index (χ0n) is 13.0. The number of nitrogen functional groups attached to an aromatic ring is 1. The number of aryl methyl sites for hydroxylation is 1. The number of unbranched alkanes of at least 4 members (excludes halogenated alkanes) is 6. The highest BCUT2D eigenvalue weighted by molar-refractivity contribution is 7.09. The lowest BCUT2D eigenvalue weighted by molar-refractivity contribution is 0.589. The predicted molar refractivity (Wildman–Crippen MR) is 93.7 cm³/mol. The molecule has 0 amide bonds. The highest BCUT2D eigenvalue weighted by atomic mass is 32.1. The second-order valence-corrected chi connectivity index (χ2v) is 6.57. The third-order valence-corrected chi connectivity index (χ3v) is 4.64. The molecule has 0 radical (unpaired) electrons. The van der Waals surface area contributed by atoms with Crippen molar-refractivity contribution < 1.29 is 0 Å². The SMILES string of the molecule is CCCCCCCCCc1nc(-c2cccc(N)c2)cs1. The average Bonchev–Trinajstić information content (AvgIpc) is 2.95. The minimum Gasteiger partial charge on any atom is -0.399 e. The van der Waals surface area contributed by atoms with E-state index in [2.05, 4.69) is 18.4 Å². The van der Waals surface area contributed by atoms with Gasteiger partial charge in [0.25, 0.3) is 0 Å². The number of rotatable bonds is 9. The van der Waals surface area contributed by atoms with Crippen LogP contribution in [0, 0.1) is 0 Å². The molecule has 0 aliphatic carbocycles. The van der Waals surface area contributed by atoms with Crippen molar-refractivity contribution in [2.45, 2.75) is 58.3 Å². The van der Waals surface area contributed by atoms with Gasteiger partial charge in [0.05, 0.1) is 10.7 Å². The van der Waals surface area contributed by atoms with E-state index in [0.29, 0.717) is 0 Å². The molecule has 0 unspecified atom stereocenters. The Bertz CT molecular complexity index is 534. The van der Waals surface area contributed by atoms with Crippen molar-refractivity contribution in [3.8, 4) is 11.3 Å². The number of thiazole rings is 1. The van der Waals surface area contributed by atoms with Crippen LogP contribution in [-0.2, 0) is 6.42 Å². The van der Waals surface area contributed by atoms with E-state index in [1.54, 1.807) is 11.3 Å². The number of nitrogens with two attached hydrogens (primary N) is 1. The van der Waals surface area contributed by atoms with Crippen LogP contribution in [0.3, 0.4) is 0 Å². The molecule has 1 aromatic heterocycles. The molecule has 1 aromatic carbocycles. The zero-order valence-corrected chi connectivity index (χ0v) is 13.8. The Balaban J connectivity index is 1.73. The predicted octanol–water partition coefficient (Wildman–Crippen LogP) is 5.69. The van der Waals surface area contributed by atoms with Gasteiger partial charge in [0.2, 0.25) is 0 Å². The van der Waals surface area contributed by atoms with E-state index in [9.17, 15) is 0 Å². The van der Waals surface area contributed by atoms with E-state index < -0.39 is 0 Å². The summed E-state index contributed by atoms with van der Waals surface area (Å²) >= 11 is 1.77. The van der Waals surface area contributed by atoms with Gasteiger partial charge in [-0.15, -0.1) is 11.3 Å².